The first-order chi connectivity index (χ1) is 12.5. The van der Waals surface area contributed by atoms with Crippen LogP contribution < -0.4 is 15.9 Å². The summed E-state index contributed by atoms with van der Waals surface area (Å²) in [4.78, 5) is 12.9. The summed E-state index contributed by atoms with van der Waals surface area (Å²) < 4.78 is 18.3. The minimum Gasteiger partial charge on any atom is -0.482 e. The van der Waals surface area contributed by atoms with Crippen LogP contribution in [0.15, 0.2) is 18.5 Å². The molecular formula is C19H27BN4O3. The molecule has 2 aromatic rings. The Morgan fingerprint density at radius 3 is 2.30 bits per heavy atom. The third kappa shape index (κ3) is 3.77. The van der Waals surface area contributed by atoms with Gasteiger partial charge in [-0.1, -0.05) is 0 Å². The lowest BCUT2D eigenvalue weighted by molar-refractivity contribution is 0.00578. The molecule has 3 rings (SSSR count). The van der Waals surface area contributed by atoms with Crippen LogP contribution in [0.1, 0.15) is 57.8 Å². The summed E-state index contributed by atoms with van der Waals surface area (Å²) in [5, 5.41) is 0. The van der Waals surface area contributed by atoms with Gasteiger partial charge in [-0.3, -0.25) is 0 Å². The van der Waals surface area contributed by atoms with Crippen LogP contribution in [0.3, 0.4) is 0 Å². The molecule has 1 atom stereocenters. The number of nitrogens with two attached hydrogens (primary N) is 1. The van der Waals surface area contributed by atoms with E-state index < -0.39 is 18.3 Å². The Labute approximate surface area is 160 Å². The summed E-state index contributed by atoms with van der Waals surface area (Å²) in [6, 6.07) is 1.82. The molecule has 7 nitrogen and oxygen atoms in total. The van der Waals surface area contributed by atoms with Gasteiger partial charge in [0.25, 0.3) is 0 Å². The molecule has 8 heteroatoms. The van der Waals surface area contributed by atoms with E-state index in [2.05, 4.69) is 15.0 Å². The van der Waals surface area contributed by atoms with E-state index in [-0.39, 0.29) is 6.10 Å². The third-order valence-corrected chi connectivity index (χ3v) is 5.31. The largest absolute Gasteiger partial charge is 0.496 e. The molecule has 0 aliphatic carbocycles. The molecule has 1 unspecified atom stereocenters. The zero-order chi connectivity index (χ0) is 20.0. The normalized spacial score (nSPS) is 19.1. The van der Waals surface area contributed by atoms with Crippen molar-refractivity contribution < 1.29 is 14.0 Å². The van der Waals surface area contributed by atoms with Crippen LogP contribution in [0, 0.1) is 13.8 Å². The van der Waals surface area contributed by atoms with E-state index in [0.717, 1.165) is 22.5 Å². The molecule has 0 saturated carbocycles. The molecule has 1 saturated heterocycles. The SMILES string of the molecule is Cc1ncc(C(C)Oc2cc(B3OC(C)(C)C(C)(C)O3)cnc2N)c(C)n1. The lowest BCUT2D eigenvalue weighted by Gasteiger charge is -2.32. The average molecular weight is 370 g/mol. The lowest BCUT2D eigenvalue weighted by Crippen LogP contribution is -2.41. The monoisotopic (exact) mass is 370 g/mol. The van der Waals surface area contributed by atoms with Gasteiger partial charge in [-0.25, -0.2) is 15.0 Å². The third-order valence-electron chi connectivity index (χ3n) is 5.31. The first-order valence-corrected chi connectivity index (χ1v) is 9.08. The number of ether oxygens (including phenoxy) is 1. The maximum Gasteiger partial charge on any atom is 0.496 e. The first kappa shape index (κ1) is 19.6. The highest BCUT2D eigenvalue weighted by atomic mass is 16.7. The molecule has 2 aromatic heterocycles. The Hall–Kier alpha value is -2.19. The highest BCUT2D eigenvalue weighted by Crippen LogP contribution is 2.37. The maximum atomic E-state index is 6.09. The summed E-state index contributed by atoms with van der Waals surface area (Å²) in [5.41, 5.74) is 7.73. The van der Waals surface area contributed by atoms with Gasteiger partial charge in [0.15, 0.2) is 11.6 Å². The molecule has 3 heterocycles. The van der Waals surface area contributed by atoms with Gasteiger partial charge in [-0.05, 0) is 54.5 Å². The summed E-state index contributed by atoms with van der Waals surface area (Å²) in [7, 11) is -0.523. The van der Waals surface area contributed by atoms with E-state index in [1.807, 2.05) is 54.5 Å². The van der Waals surface area contributed by atoms with Gasteiger partial charge in [0.2, 0.25) is 0 Å². The summed E-state index contributed by atoms with van der Waals surface area (Å²) >= 11 is 0. The molecule has 0 bridgehead atoms. The standard InChI is InChI=1S/C19H27BN4O3/c1-11-15(10-22-13(3)24-11)12(2)25-16-8-14(9-23-17(16)21)20-26-18(4,5)19(6,7)27-20/h8-10,12H,1-7H3,(H2,21,23). The topological polar surface area (TPSA) is 92.4 Å². The fourth-order valence-corrected chi connectivity index (χ4v) is 2.92. The van der Waals surface area contributed by atoms with Gasteiger partial charge >= 0.3 is 7.12 Å². The zero-order valence-electron chi connectivity index (χ0n) is 17.0. The van der Waals surface area contributed by atoms with Crippen LogP contribution in [0.5, 0.6) is 5.75 Å². The van der Waals surface area contributed by atoms with Crippen molar-refractivity contribution >= 4 is 18.4 Å². The minimum absolute atomic E-state index is 0.275. The fourth-order valence-electron chi connectivity index (χ4n) is 2.92. The number of aromatic nitrogens is 3. The Balaban J connectivity index is 1.84. The van der Waals surface area contributed by atoms with E-state index in [1.165, 1.54) is 0 Å². The van der Waals surface area contributed by atoms with Crippen LogP contribution in [-0.2, 0) is 9.31 Å². The van der Waals surface area contributed by atoms with Crippen molar-refractivity contribution in [1.29, 1.82) is 0 Å². The van der Waals surface area contributed by atoms with Crippen molar-refractivity contribution in [2.24, 2.45) is 0 Å². The van der Waals surface area contributed by atoms with Gasteiger partial charge in [0.05, 0.1) is 11.2 Å². The lowest BCUT2D eigenvalue weighted by atomic mass is 9.80. The minimum atomic E-state index is -0.523. The van der Waals surface area contributed by atoms with Crippen molar-refractivity contribution in [3.8, 4) is 5.75 Å². The predicted octanol–water partition coefficient (Wildman–Crippen LogP) is 2.51. The van der Waals surface area contributed by atoms with Gasteiger partial charge < -0.3 is 19.8 Å². The second-order valence-electron chi connectivity index (χ2n) is 7.96. The van der Waals surface area contributed by atoms with E-state index in [9.17, 15) is 0 Å². The second kappa shape index (κ2) is 6.76. The van der Waals surface area contributed by atoms with E-state index in [4.69, 9.17) is 19.8 Å². The molecule has 27 heavy (non-hydrogen) atoms. The summed E-state index contributed by atoms with van der Waals surface area (Å²) in [6.07, 6.45) is 3.17. The van der Waals surface area contributed by atoms with Crippen LogP contribution >= 0.6 is 0 Å². The number of rotatable bonds is 4. The first-order valence-electron chi connectivity index (χ1n) is 9.08. The molecule has 1 fully saturated rings. The van der Waals surface area contributed by atoms with E-state index in [1.54, 1.807) is 12.4 Å². The number of nitrogen functional groups attached to an aromatic ring is 1. The Morgan fingerprint density at radius 1 is 1.07 bits per heavy atom. The molecule has 0 aromatic carbocycles. The molecular weight excluding hydrogens is 343 g/mol. The molecule has 144 valence electrons. The number of hydrogen-bond acceptors (Lipinski definition) is 7. The molecule has 0 spiro atoms. The van der Waals surface area contributed by atoms with Gasteiger partial charge in [0, 0.05) is 29.1 Å². The summed E-state index contributed by atoms with van der Waals surface area (Å²) in [6.45, 7) is 13.8. The van der Waals surface area contributed by atoms with Crippen LogP contribution in [-0.4, -0.2) is 33.3 Å². The highest BCUT2D eigenvalue weighted by Gasteiger charge is 2.52. The van der Waals surface area contributed by atoms with Gasteiger partial charge in [-0.2, -0.15) is 0 Å². The van der Waals surface area contributed by atoms with Crippen molar-refractivity contribution in [2.45, 2.75) is 65.8 Å². The van der Waals surface area contributed by atoms with E-state index >= 15 is 0 Å². The maximum absolute atomic E-state index is 6.09. The molecule has 0 radical (unpaired) electrons. The molecule has 0 amide bonds. The number of anilines is 1. The Bertz CT molecular complexity index is 841. The van der Waals surface area contributed by atoms with Crippen molar-refractivity contribution in [2.75, 3.05) is 5.73 Å². The summed E-state index contributed by atoms with van der Waals surface area (Å²) in [5.74, 6) is 1.52. The quantitative estimate of drug-likeness (QED) is 0.827. The Kier molecular flexibility index (Phi) is 4.90. The molecule has 1 aliphatic heterocycles. The highest BCUT2D eigenvalue weighted by molar-refractivity contribution is 6.62. The van der Waals surface area contributed by atoms with Crippen molar-refractivity contribution in [3.63, 3.8) is 0 Å². The molecule has 2 N–H and O–H groups in total. The second-order valence-corrected chi connectivity index (χ2v) is 7.96. The van der Waals surface area contributed by atoms with Crippen molar-refractivity contribution in [1.82, 2.24) is 15.0 Å². The molecule has 1 aliphatic rings. The van der Waals surface area contributed by atoms with Crippen LogP contribution in [0.2, 0.25) is 0 Å². The number of aryl methyl sites for hydroxylation is 2. The number of pyridine rings is 1. The van der Waals surface area contributed by atoms with Crippen LogP contribution in [0.4, 0.5) is 5.82 Å². The number of nitrogens with zero attached hydrogens (tertiary/aromatic N) is 3. The van der Waals surface area contributed by atoms with Gasteiger partial charge in [-0.15, -0.1) is 0 Å². The van der Waals surface area contributed by atoms with Gasteiger partial charge in [0.1, 0.15) is 11.9 Å². The average Bonchev–Trinajstić information content (AvgIpc) is 2.77. The predicted molar refractivity (Wildman–Crippen MR) is 105 cm³/mol. The zero-order valence-corrected chi connectivity index (χ0v) is 17.0. The number of hydrogen-bond donors (Lipinski definition) is 1. The fraction of sp³-hybridized carbons (Fsp3) is 0.526. The Morgan fingerprint density at radius 2 is 1.70 bits per heavy atom. The smallest absolute Gasteiger partial charge is 0.482 e. The van der Waals surface area contributed by atoms with E-state index in [0.29, 0.717) is 11.6 Å². The van der Waals surface area contributed by atoms with Crippen molar-refractivity contribution in [3.05, 3.63) is 35.5 Å². The van der Waals surface area contributed by atoms with Crippen LogP contribution in [0.25, 0.3) is 0 Å².